The molecule has 0 N–H and O–H groups in total. The molecule has 18 heavy (non-hydrogen) atoms. The van der Waals surface area contributed by atoms with Gasteiger partial charge in [-0.2, -0.15) is 30.5 Å². The zero-order chi connectivity index (χ0) is 12.3. The second-order valence-corrected chi connectivity index (χ2v) is 3.76. The van der Waals surface area contributed by atoms with E-state index in [0.717, 1.165) is 12.8 Å². The van der Waals surface area contributed by atoms with Gasteiger partial charge in [-0.05, 0) is 0 Å². The molecule has 0 aliphatic carbocycles. The van der Waals surface area contributed by atoms with Gasteiger partial charge in [0, 0.05) is 32.7 Å². The van der Waals surface area contributed by atoms with Crippen LogP contribution in [-0.4, -0.2) is 0 Å². The SMILES string of the molecule is CC[CH-]c1ccccc1.[CH2-]Cc1ccccc1.[Y]. The van der Waals surface area contributed by atoms with Crippen molar-refractivity contribution in [2.24, 2.45) is 0 Å². The fraction of sp³-hybridized carbons (Fsp3) is 0.176. The molecule has 0 atom stereocenters. The summed E-state index contributed by atoms with van der Waals surface area (Å²) in [6.07, 6.45) is 4.21. The van der Waals surface area contributed by atoms with Crippen LogP contribution in [0.2, 0.25) is 0 Å². The molecule has 0 unspecified atom stereocenters. The molecule has 1 heteroatoms. The van der Waals surface area contributed by atoms with E-state index in [1.165, 1.54) is 11.1 Å². The van der Waals surface area contributed by atoms with Crippen LogP contribution < -0.4 is 0 Å². The minimum Gasteiger partial charge on any atom is -0.339 e. The van der Waals surface area contributed by atoms with Crippen molar-refractivity contribution in [3.8, 4) is 0 Å². The van der Waals surface area contributed by atoms with Gasteiger partial charge in [0.2, 0.25) is 0 Å². The maximum atomic E-state index is 3.76. The normalized spacial score (nSPS) is 8.56. The van der Waals surface area contributed by atoms with Gasteiger partial charge in [-0.1, -0.05) is 55.3 Å². The summed E-state index contributed by atoms with van der Waals surface area (Å²) in [5.41, 5.74) is 2.62. The third-order valence-electron chi connectivity index (χ3n) is 2.37. The van der Waals surface area contributed by atoms with Gasteiger partial charge >= 0.3 is 0 Å². The summed E-state index contributed by atoms with van der Waals surface area (Å²) >= 11 is 0. The molecule has 0 aliphatic heterocycles. The Kier molecular flexibility index (Phi) is 11.1. The minimum atomic E-state index is 0. The third-order valence-corrected chi connectivity index (χ3v) is 2.37. The molecule has 0 nitrogen and oxygen atoms in total. The number of rotatable bonds is 3. The number of hydrogen-bond acceptors (Lipinski definition) is 0. The molecule has 2 aromatic carbocycles. The third kappa shape index (κ3) is 7.68. The van der Waals surface area contributed by atoms with E-state index in [-0.39, 0.29) is 32.7 Å². The van der Waals surface area contributed by atoms with Gasteiger partial charge in [-0.3, -0.25) is 0 Å². The van der Waals surface area contributed by atoms with Crippen LogP contribution in [0.4, 0.5) is 0 Å². The number of hydrogen-bond donors (Lipinski definition) is 0. The second kappa shape index (κ2) is 11.5. The Labute approximate surface area is 137 Å². The van der Waals surface area contributed by atoms with Crippen molar-refractivity contribution >= 4 is 0 Å². The fourth-order valence-corrected chi connectivity index (χ4v) is 1.47. The minimum absolute atomic E-state index is 0. The molecule has 0 saturated carbocycles. The van der Waals surface area contributed by atoms with Crippen LogP contribution in [0.15, 0.2) is 60.7 Å². The summed E-state index contributed by atoms with van der Waals surface area (Å²) in [5.74, 6) is 0. The summed E-state index contributed by atoms with van der Waals surface area (Å²) in [7, 11) is 0. The maximum Gasteiger partial charge on any atom is 0 e. The molecular formula is C17H20Y-2. The van der Waals surface area contributed by atoms with E-state index in [9.17, 15) is 0 Å². The Morgan fingerprint density at radius 1 is 0.889 bits per heavy atom. The molecule has 0 fully saturated rings. The van der Waals surface area contributed by atoms with Crippen LogP contribution in [0.3, 0.4) is 0 Å². The molecule has 0 heterocycles. The van der Waals surface area contributed by atoms with E-state index in [1.807, 2.05) is 24.3 Å². The predicted octanol–water partition coefficient (Wildman–Crippen LogP) is 4.71. The Hall–Kier alpha value is -0.586. The van der Waals surface area contributed by atoms with Crippen LogP contribution in [0.25, 0.3) is 0 Å². The van der Waals surface area contributed by atoms with E-state index in [2.05, 4.69) is 56.7 Å². The number of benzene rings is 2. The first-order chi connectivity index (χ1) is 8.36. The van der Waals surface area contributed by atoms with Crippen molar-refractivity contribution in [3.63, 3.8) is 0 Å². The Bertz CT molecular complexity index is 381. The average Bonchev–Trinajstić information content (AvgIpc) is 2.42. The van der Waals surface area contributed by atoms with Crippen molar-refractivity contribution in [2.45, 2.75) is 19.8 Å². The van der Waals surface area contributed by atoms with Crippen molar-refractivity contribution < 1.29 is 32.7 Å². The monoisotopic (exact) mass is 313 g/mol. The second-order valence-electron chi connectivity index (χ2n) is 3.76. The molecule has 2 aromatic rings. The van der Waals surface area contributed by atoms with Crippen LogP contribution in [0.1, 0.15) is 24.5 Å². The van der Waals surface area contributed by atoms with Crippen LogP contribution in [0, 0.1) is 13.3 Å². The first-order valence-electron chi connectivity index (χ1n) is 6.08. The molecule has 0 aromatic heterocycles. The van der Waals surface area contributed by atoms with E-state index >= 15 is 0 Å². The van der Waals surface area contributed by atoms with Gasteiger partial charge in [-0.25, -0.2) is 0 Å². The summed E-state index contributed by atoms with van der Waals surface area (Å²) < 4.78 is 0. The summed E-state index contributed by atoms with van der Waals surface area (Å²) in [4.78, 5) is 0. The van der Waals surface area contributed by atoms with Crippen molar-refractivity contribution in [1.82, 2.24) is 0 Å². The Morgan fingerprint density at radius 3 is 1.78 bits per heavy atom. The zero-order valence-electron chi connectivity index (χ0n) is 11.0. The topological polar surface area (TPSA) is 0 Å². The molecule has 0 saturated heterocycles. The molecule has 0 amide bonds. The van der Waals surface area contributed by atoms with Crippen molar-refractivity contribution in [1.29, 1.82) is 0 Å². The molecule has 0 aliphatic rings. The van der Waals surface area contributed by atoms with Gasteiger partial charge in [0.05, 0.1) is 0 Å². The first kappa shape index (κ1) is 17.4. The van der Waals surface area contributed by atoms with Crippen LogP contribution in [-0.2, 0) is 39.1 Å². The van der Waals surface area contributed by atoms with Crippen LogP contribution >= 0.6 is 0 Å². The van der Waals surface area contributed by atoms with E-state index in [1.54, 1.807) is 0 Å². The molecular weight excluding hydrogens is 293 g/mol. The molecule has 93 valence electrons. The van der Waals surface area contributed by atoms with Crippen molar-refractivity contribution in [3.05, 3.63) is 85.1 Å². The summed E-state index contributed by atoms with van der Waals surface area (Å²) in [6, 6.07) is 20.6. The summed E-state index contributed by atoms with van der Waals surface area (Å²) in [6.45, 7) is 5.90. The average molecular weight is 313 g/mol. The predicted molar refractivity (Wildman–Crippen MR) is 75.6 cm³/mol. The van der Waals surface area contributed by atoms with Gasteiger partial charge in [0.1, 0.15) is 0 Å². The fourth-order valence-electron chi connectivity index (χ4n) is 1.47. The first-order valence-corrected chi connectivity index (χ1v) is 6.08. The maximum absolute atomic E-state index is 3.76. The molecule has 2 rings (SSSR count). The van der Waals surface area contributed by atoms with Crippen LogP contribution in [0.5, 0.6) is 0 Å². The Morgan fingerprint density at radius 2 is 1.39 bits per heavy atom. The van der Waals surface area contributed by atoms with Gasteiger partial charge < -0.3 is 6.92 Å². The quantitative estimate of drug-likeness (QED) is 0.720. The van der Waals surface area contributed by atoms with Gasteiger partial charge in [0.15, 0.2) is 0 Å². The van der Waals surface area contributed by atoms with Crippen molar-refractivity contribution in [2.75, 3.05) is 0 Å². The largest absolute Gasteiger partial charge is 0.339 e. The smallest absolute Gasteiger partial charge is 0 e. The standard InChI is InChI=1S/C9H11.C8H9.Y/c1-2-6-9-7-4-3-5-8-9;1-2-8-6-4-3-5-7-8;/h3-8H,2H2,1H3;3-7H,1-2H2;/q2*-1;. The van der Waals surface area contributed by atoms with E-state index < -0.39 is 0 Å². The van der Waals surface area contributed by atoms with Gasteiger partial charge in [-0.15, -0.1) is 12.1 Å². The van der Waals surface area contributed by atoms with E-state index in [4.69, 9.17) is 0 Å². The molecule has 1 radical (unpaired) electrons. The summed E-state index contributed by atoms with van der Waals surface area (Å²) in [5, 5.41) is 0. The van der Waals surface area contributed by atoms with Gasteiger partial charge in [0.25, 0.3) is 0 Å². The molecule has 0 bridgehead atoms. The van der Waals surface area contributed by atoms with E-state index in [0.29, 0.717) is 0 Å². The molecule has 0 spiro atoms. The zero-order valence-corrected chi connectivity index (χ0v) is 13.9. The Balaban J connectivity index is 0.000000306.